The Morgan fingerprint density at radius 2 is 1.96 bits per heavy atom. The highest BCUT2D eigenvalue weighted by atomic mass is 16.6. The number of nitrogens with one attached hydrogen (secondary N) is 1. The molecule has 8 heteroatoms. The van der Waals surface area contributed by atoms with Gasteiger partial charge in [-0.05, 0) is 32.9 Å². The molecule has 122 valence electrons. The summed E-state index contributed by atoms with van der Waals surface area (Å²) in [6.45, 7) is 5.30. The number of hydrogen-bond acceptors (Lipinski definition) is 5. The van der Waals surface area contributed by atoms with Crippen LogP contribution in [0.5, 0.6) is 0 Å². The molecule has 1 amide bonds. The topological polar surface area (TPSA) is 106 Å². The Bertz CT molecular complexity index is 729. The Balaban J connectivity index is 2.17. The predicted molar refractivity (Wildman–Crippen MR) is 83.3 cm³/mol. The average molecular weight is 318 g/mol. The number of ether oxygens (including phenoxy) is 1. The number of rotatable bonds is 3. The summed E-state index contributed by atoms with van der Waals surface area (Å²) in [6.07, 6.45) is 2.28. The van der Waals surface area contributed by atoms with Crippen molar-refractivity contribution in [1.29, 1.82) is 0 Å². The third kappa shape index (κ3) is 4.06. The molecule has 0 aliphatic carbocycles. The van der Waals surface area contributed by atoms with Gasteiger partial charge < -0.3 is 9.84 Å². The van der Waals surface area contributed by atoms with Crippen LogP contribution in [0.3, 0.4) is 0 Å². The zero-order chi connectivity index (χ0) is 17.2. The Labute approximate surface area is 133 Å². The van der Waals surface area contributed by atoms with E-state index < -0.39 is 17.7 Å². The van der Waals surface area contributed by atoms with Gasteiger partial charge in [-0.1, -0.05) is 0 Å². The van der Waals surface area contributed by atoms with Crippen molar-refractivity contribution in [3.8, 4) is 11.3 Å². The van der Waals surface area contributed by atoms with Crippen molar-refractivity contribution in [3.63, 3.8) is 0 Å². The Morgan fingerprint density at radius 1 is 1.26 bits per heavy atom. The van der Waals surface area contributed by atoms with Crippen molar-refractivity contribution >= 4 is 17.7 Å². The van der Waals surface area contributed by atoms with Gasteiger partial charge >= 0.3 is 12.1 Å². The van der Waals surface area contributed by atoms with Gasteiger partial charge in [-0.3, -0.25) is 15.0 Å². The van der Waals surface area contributed by atoms with E-state index in [1.54, 1.807) is 40.0 Å². The fraction of sp³-hybridized carbons (Fsp3) is 0.333. The smallest absolute Gasteiger partial charge is 0.412 e. The van der Waals surface area contributed by atoms with Crippen LogP contribution >= 0.6 is 0 Å². The number of pyridine rings is 1. The number of carboxylic acid groups (broad SMARTS) is 1. The lowest BCUT2D eigenvalue weighted by molar-refractivity contribution is 0.0633. The van der Waals surface area contributed by atoms with Gasteiger partial charge in [-0.25, -0.2) is 9.59 Å². The average Bonchev–Trinajstić information content (AvgIpc) is 2.79. The lowest BCUT2D eigenvalue weighted by atomic mass is 10.1. The summed E-state index contributed by atoms with van der Waals surface area (Å²) in [7, 11) is 1.55. The molecule has 0 aromatic carbocycles. The fourth-order valence-corrected chi connectivity index (χ4v) is 1.93. The number of carbonyl (C=O) groups is 2. The Hall–Kier alpha value is -2.90. The minimum atomic E-state index is -1.09. The van der Waals surface area contributed by atoms with E-state index in [1.807, 2.05) is 0 Å². The Morgan fingerprint density at radius 3 is 2.48 bits per heavy atom. The minimum absolute atomic E-state index is 0.0466. The van der Waals surface area contributed by atoms with E-state index in [1.165, 1.54) is 17.1 Å². The molecule has 0 spiro atoms. The van der Waals surface area contributed by atoms with E-state index in [2.05, 4.69) is 15.4 Å². The van der Waals surface area contributed by atoms with Gasteiger partial charge in [-0.2, -0.15) is 5.10 Å². The second-order valence-corrected chi connectivity index (χ2v) is 5.89. The van der Waals surface area contributed by atoms with Crippen LogP contribution < -0.4 is 5.32 Å². The number of anilines is 1. The maximum Gasteiger partial charge on any atom is 0.412 e. The summed E-state index contributed by atoms with van der Waals surface area (Å²) in [5.41, 5.74) is 0.756. The third-order valence-electron chi connectivity index (χ3n) is 2.83. The molecule has 2 heterocycles. The summed E-state index contributed by atoms with van der Waals surface area (Å²) < 4.78 is 6.41. The van der Waals surface area contributed by atoms with Gasteiger partial charge in [0.25, 0.3) is 0 Å². The molecule has 2 rings (SSSR count). The molecular formula is C15H18N4O4. The van der Waals surface area contributed by atoms with Crippen molar-refractivity contribution in [2.24, 2.45) is 7.05 Å². The van der Waals surface area contributed by atoms with Gasteiger partial charge in [-0.15, -0.1) is 0 Å². The van der Waals surface area contributed by atoms with E-state index >= 15 is 0 Å². The zero-order valence-electron chi connectivity index (χ0n) is 13.3. The number of aromatic nitrogens is 3. The first-order chi connectivity index (χ1) is 10.7. The summed E-state index contributed by atoms with van der Waals surface area (Å²) in [5, 5.41) is 15.7. The largest absolute Gasteiger partial charge is 0.477 e. The molecule has 0 saturated heterocycles. The number of carbonyl (C=O) groups excluding carboxylic acids is 1. The van der Waals surface area contributed by atoms with Crippen molar-refractivity contribution in [2.45, 2.75) is 26.4 Å². The first-order valence-electron chi connectivity index (χ1n) is 6.89. The number of amides is 1. The standard InChI is InChI=1S/C15H18N4O4/c1-15(2,3)23-14(22)18-9-5-6-11(16-7-9)10-8-17-19(4)12(10)13(20)21/h5-8H,1-4H3,(H,18,22)(H,20,21). The van der Waals surface area contributed by atoms with Gasteiger partial charge in [0.05, 0.1) is 29.3 Å². The molecule has 0 radical (unpaired) electrons. The van der Waals surface area contributed by atoms with Gasteiger partial charge in [0.15, 0.2) is 5.69 Å². The van der Waals surface area contributed by atoms with Crippen LogP contribution in [0.2, 0.25) is 0 Å². The molecule has 0 atom stereocenters. The van der Waals surface area contributed by atoms with Gasteiger partial charge in [0.2, 0.25) is 0 Å². The van der Waals surface area contributed by atoms with Gasteiger partial charge in [0, 0.05) is 7.05 Å². The fourth-order valence-electron chi connectivity index (χ4n) is 1.93. The highest BCUT2D eigenvalue weighted by Crippen LogP contribution is 2.22. The molecule has 0 fully saturated rings. The van der Waals surface area contributed by atoms with Crippen molar-refractivity contribution < 1.29 is 19.4 Å². The molecule has 23 heavy (non-hydrogen) atoms. The number of hydrogen-bond donors (Lipinski definition) is 2. The van der Waals surface area contributed by atoms with E-state index in [0.717, 1.165) is 0 Å². The van der Waals surface area contributed by atoms with E-state index in [9.17, 15) is 14.7 Å². The van der Waals surface area contributed by atoms with Crippen molar-refractivity contribution in [2.75, 3.05) is 5.32 Å². The van der Waals surface area contributed by atoms with Crippen LogP contribution in [0.15, 0.2) is 24.5 Å². The van der Waals surface area contributed by atoms with Crippen molar-refractivity contribution in [1.82, 2.24) is 14.8 Å². The van der Waals surface area contributed by atoms with Crippen LogP contribution in [0.4, 0.5) is 10.5 Å². The zero-order valence-corrected chi connectivity index (χ0v) is 13.3. The number of aromatic carboxylic acids is 1. The predicted octanol–water partition coefficient (Wildman–Crippen LogP) is 2.53. The van der Waals surface area contributed by atoms with Crippen LogP contribution in [-0.2, 0) is 11.8 Å². The molecular weight excluding hydrogens is 300 g/mol. The number of aryl methyl sites for hydroxylation is 1. The molecule has 0 aliphatic rings. The second kappa shape index (κ2) is 6.07. The van der Waals surface area contributed by atoms with Crippen LogP contribution in [-0.4, -0.2) is 37.5 Å². The van der Waals surface area contributed by atoms with Crippen LogP contribution in [0.25, 0.3) is 11.3 Å². The lowest BCUT2D eigenvalue weighted by Crippen LogP contribution is -2.27. The molecule has 8 nitrogen and oxygen atoms in total. The quantitative estimate of drug-likeness (QED) is 0.900. The molecule has 2 N–H and O–H groups in total. The van der Waals surface area contributed by atoms with Crippen molar-refractivity contribution in [3.05, 3.63) is 30.2 Å². The normalized spacial score (nSPS) is 11.1. The highest BCUT2D eigenvalue weighted by Gasteiger charge is 2.19. The third-order valence-corrected chi connectivity index (χ3v) is 2.83. The first kappa shape index (κ1) is 16.5. The molecule has 0 aliphatic heterocycles. The summed E-state index contributed by atoms with van der Waals surface area (Å²) >= 11 is 0. The van der Waals surface area contributed by atoms with Gasteiger partial charge in [0.1, 0.15) is 5.60 Å². The molecule has 2 aromatic rings. The summed E-state index contributed by atoms with van der Waals surface area (Å²) in [4.78, 5) is 27.1. The van der Waals surface area contributed by atoms with E-state index in [4.69, 9.17) is 4.74 Å². The first-order valence-corrected chi connectivity index (χ1v) is 6.89. The second-order valence-electron chi connectivity index (χ2n) is 5.89. The number of carboxylic acids is 1. The van der Waals surface area contributed by atoms with E-state index in [0.29, 0.717) is 16.9 Å². The van der Waals surface area contributed by atoms with Crippen LogP contribution in [0, 0.1) is 0 Å². The molecule has 0 bridgehead atoms. The highest BCUT2D eigenvalue weighted by molar-refractivity contribution is 5.93. The molecule has 2 aromatic heterocycles. The summed E-state index contributed by atoms with van der Waals surface area (Å²) in [5.74, 6) is -1.09. The van der Waals surface area contributed by atoms with Crippen LogP contribution in [0.1, 0.15) is 31.3 Å². The maximum absolute atomic E-state index is 11.7. The summed E-state index contributed by atoms with van der Waals surface area (Å²) in [6, 6.07) is 3.22. The number of nitrogens with zero attached hydrogens (tertiary/aromatic N) is 3. The monoisotopic (exact) mass is 318 g/mol. The lowest BCUT2D eigenvalue weighted by Gasteiger charge is -2.19. The minimum Gasteiger partial charge on any atom is -0.477 e. The van der Waals surface area contributed by atoms with E-state index in [-0.39, 0.29) is 5.69 Å². The molecule has 0 saturated carbocycles. The molecule has 0 unspecified atom stereocenters. The maximum atomic E-state index is 11.7. The SMILES string of the molecule is Cn1ncc(-c2ccc(NC(=O)OC(C)(C)C)cn2)c1C(=O)O. The Kier molecular flexibility index (Phi) is 4.35.